The van der Waals surface area contributed by atoms with E-state index in [4.69, 9.17) is 5.11 Å². The zero-order chi connectivity index (χ0) is 13.8. The molecule has 1 rings (SSSR count). The molecule has 1 heterocycles. The molecule has 1 atom stereocenters. The summed E-state index contributed by atoms with van der Waals surface area (Å²) in [5, 5.41) is 14.3. The fourth-order valence-corrected chi connectivity index (χ4v) is 2.26. The molecule has 0 aromatic heterocycles. The molecule has 0 radical (unpaired) electrons. The van der Waals surface area contributed by atoms with E-state index in [0.717, 1.165) is 19.3 Å². The van der Waals surface area contributed by atoms with Gasteiger partial charge in [-0.3, -0.25) is 4.79 Å². The molecule has 104 valence electrons. The highest BCUT2D eigenvalue weighted by atomic mass is 32.2. The van der Waals surface area contributed by atoms with Gasteiger partial charge in [0.05, 0.1) is 5.75 Å². The number of carboxylic acid groups (broad SMARTS) is 1. The first-order valence-corrected chi connectivity index (χ1v) is 7.74. The predicted octanol–water partition coefficient (Wildman–Crippen LogP) is -1.40. The smallest absolute Gasteiger partial charge is 0.326 e. The Hall–Kier alpha value is -1.15. The van der Waals surface area contributed by atoms with Gasteiger partial charge in [-0.2, -0.15) is 0 Å². The highest BCUT2D eigenvalue weighted by molar-refractivity contribution is 7.90. The average molecular weight is 278 g/mol. The molecule has 1 amide bonds. The van der Waals surface area contributed by atoms with E-state index < -0.39 is 21.8 Å². The summed E-state index contributed by atoms with van der Waals surface area (Å²) in [6.45, 7) is 1.52. The van der Waals surface area contributed by atoms with E-state index in [1.165, 1.54) is 0 Å². The first kappa shape index (κ1) is 14.9. The minimum atomic E-state index is -3.23. The molecule has 1 saturated heterocycles. The van der Waals surface area contributed by atoms with Crippen LogP contribution in [0, 0.1) is 5.92 Å². The third-order valence-electron chi connectivity index (χ3n) is 2.75. The van der Waals surface area contributed by atoms with Crippen LogP contribution >= 0.6 is 0 Å². The molecule has 0 bridgehead atoms. The van der Waals surface area contributed by atoms with Crippen LogP contribution in [0.5, 0.6) is 0 Å². The summed E-state index contributed by atoms with van der Waals surface area (Å²) in [6.07, 6.45) is 1.20. The first-order chi connectivity index (χ1) is 8.28. The van der Waals surface area contributed by atoms with Crippen molar-refractivity contribution < 1.29 is 23.1 Å². The maximum absolute atomic E-state index is 11.5. The zero-order valence-corrected chi connectivity index (χ0v) is 11.0. The molecular formula is C10H18N2O5S. The maximum Gasteiger partial charge on any atom is 0.326 e. The van der Waals surface area contributed by atoms with Crippen molar-refractivity contribution in [2.24, 2.45) is 5.92 Å². The fourth-order valence-electron chi connectivity index (χ4n) is 1.60. The van der Waals surface area contributed by atoms with Crippen LogP contribution in [0.3, 0.4) is 0 Å². The van der Waals surface area contributed by atoms with Gasteiger partial charge in [-0.15, -0.1) is 0 Å². The van der Waals surface area contributed by atoms with Gasteiger partial charge in [0.2, 0.25) is 5.91 Å². The largest absolute Gasteiger partial charge is 0.480 e. The quantitative estimate of drug-likeness (QED) is 0.528. The van der Waals surface area contributed by atoms with Crippen LogP contribution in [-0.4, -0.2) is 56.5 Å². The monoisotopic (exact) mass is 278 g/mol. The molecule has 0 aliphatic carbocycles. The third kappa shape index (κ3) is 5.46. The van der Waals surface area contributed by atoms with Crippen LogP contribution in [0.4, 0.5) is 0 Å². The van der Waals surface area contributed by atoms with Crippen molar-refractivity contribution in [2.75, 3.05) is 25.1 Å². The minimum Gasteiger partial charge on any atom is -0.480 e. The molecule has 3 N–H and O–H groups in total. The molecule has 1 aliphatic rings. The predicted molar refractivity (Wildman–Crippen MR) is 64.9 cm³/mol. The van der Waals surface area contributed by atoms with Gasteiger partial charge in [0, 0.05) is 12.7 Å². The SMILES string of the molecule is CS(=O)(=O)CCC(NC(=O)CC1CNC1)C(=O)O. The lowest BCUT2D eigenvalue weighted by molar-refractivity contribution is -0.142. The van der Waals surface area contributed by atoms with Crippen LogP contribution in [0.1, 0.15) is 12.8 Å². The van der Waals surface area contributed by atoms with Crippen molar-refractivity contribution in [1.82, 2.24) is 10.6 Å². The average Bonchev–Trinajstić information content (AvgIpc) is 2.16. The number of amides is 1. The Morgan fingerprint density at radius 1 is 1.44 bits per heavy atom. The second kappa shape index (κ2) is 6.14. The van der Waals surface area contributed by atoms with Crippen LogP contribution in [0.2, 0.25) is 0 Å². The fraction of sp³-hybridized carbons (Fsp3) is 0.800. The van der Waals surface area contributed by atoms with Crippen LogP contribution < -0.4 is 10.6 Å². The molecular weight excluding hydrogens is 260 g/mol. The Bertz CT molecular complexity index is 416. The molecule has 1 unspecified atom stereocenters. The Morgan fingerprint density at radius 3 is 2.44 bits per heavy atom. The lowest BCUT2D eigenvalue weighted by Gasteiger charge is -2.26. The highest BCUT2D eigenvalue weighted by Gasteiger charge is 2.25. The zero-order valence-electron chi connectivity index (χ0n) is 10.2. The standard InChI is InChI=1S/C10H18N2O5S/c1-18(16,17)3-2-8(10(14)15)12-9(13)4-7-5-11-6-7/h7-8,11H,2-6H2,1H3,(H,12,13)(H,14,15). The van der Waals surface area contributed by atoms with E-state index in [0.29, 0.717) is 0 Å². The van der Waals surface area contributed by atoms with Gasteiger partial charge in [0.15, 0.2) is 0 Å². The molecule has 0 aromatic rings. The van der Waals surface area contributed by atoms with Crippen LogP contribution in [0.15, 0.2) is 0 Å². The van der Waals surface area contributed by atoms with Crippen LogP contribution in [-0.2, 0) is 19.4 Å². The van der Waals surface area contributed by atoms with Crippen molar-refractivity contribution >= 4 is 21.7 Å². The van der Waals surface area contributed by atoms with Crippen LogP contribution in [0.25, 0.3) is 0 Å². The van der Waals surface area contributed by atoms with Gasteiger partial charge >= 0.3 is 5.97 Å². The number of carboxylic acids is 1. The summed E-state index contributed by atoms with van der Waals surface area (Å²) in [7, 11) is -3.23. The van der Waals surface area contributed by atoms with Gasteiger partial charge in [0.25, 0.3) is 0 Å². The topological polar surface area (TPSA) is 113 Å². The summed E-state index contributed by atoms with van der Waals surface area (Å²) < 4.78 is 21.9. The lowest BCUT2D eigenvalue weighted by atomic mass is 9.99. The van der Waals surface area contributed by atoms with Gasteiger partial charge in [-0.1, -0.05) is 0 Å². The highest BCUT2D eigenvalue weighted by Crippen LogP contribution is 2.08. The van der Waals surface area contributed by atoms with E-state index in [9.17, 15) is 18.0 Å². The number of hydrogen-bond donors (Lipinski definition) is 3. The molecule has 18 heavy (non-hydrogen) atoms. The van der Waals surface area contributed by atoms with E-state index in [1.54, 1.807) is 0 Å². The van der Waals surface area contributed by atoms with Crippen molar-refractivity contribution in [3.8, 4) is 0 Å². The molecule has 1 fully saturated rings. The van der Waals surface area contributed by atoms with E-state index in [1.807, 2.05) is 0 Å². The van der Waals surface area contributed by atoms with Crippen molar-refractivity contribution in [2.45, 2.75) is 18.9 Å². The van der Waals surface area contributed by atoms with Crippen molar-refractivity contribution in [1.29, 1.82) is 0 Å². The summed E-state index contributed by atoms with van der Waals surface area (Å²) in [5.74, 6) is -1.56. The Morgan fingerprint density at radius 2 is 2.06 bits per heavy atom. The number of carbonyl (C=O) groups excluding carboxylic acids is 1. The Kier molecular flexibility index (Phi) is 5.09. The second-order valence-corrected chi connectivity index (χ2v) is 6.87. The van der Waals surface area contributed by atoms with Crippen molar-refractivity contribution in [3.05, 3.63) is 0 Å². The number of hydrogen-bond acceptors (Lipinski definition) is 5. The Labute approximate surface area is 106 Å². The normalized spacial score (nSPS) is 17.8. The summed E-state index contributed by atoms with van der Waals surface area (Å²) in [6, 6.07) is -1.14. The molecule has 8 heteroatoms. The second-order valence-electron chi connectivity index (χ2n) is 4.61. The number of rotatable bonds is 7. The van der Waals surface area contributed by atoms with Crippen molar-refractivity contribution in [3.63, 3.8) is 0 Å². The van der Waals surface area contributed by atoms with Gasteiger partial charge in [-0.25, -0.2) is 13.2 Å². The third-order valence-corrected chi connectivity index (χ3v) is 3.73. The van der Waals surface area contributed by atoms with E-state index in [-0.39, 0.29) is 30.4 Å². The molecule has 7 nitrogen and oxygen atoms in total. The molecule has 0 spiro atoms. The Balaban J connectivity index is 2.41. The summed E-state index contributed by atoms with van der Waals surface area (Å²) in [4.78, 5) is 22.4. The van der Waals surface area contributed by atoms with E-state index in [2.05, 4.69) is 10.6 Å². The lowest BCUT2D eigenvalue weighted by Crippen LogP contribution is -2.47. The van der Waals surface area contributed by atoms with Gasteiger partial charge in [-0.05, 0) is 25.4 Å². The minimum absolute atomic E-state index is 0.108. The number of nitrogens with one attached hydrogen (secondary N) is 2. The molecule has 0 saturated carbocycles. The first-order valence-electron chi connectivity index (χ1n) is 5.68. The summed E-state index contributed by atoms with van der Waals surface area (Å²) in [5.41, 5.74) is 0. The number of carbonyl (C=O) groups is 2. The maximum atomic E-state index is 11.5. The van der Waals surface area contributed by atoms with Gasteiger partial charge < -0.3 is 15.7 Å². The molecule has 1 aliphatic heterocycles. The van der Waals surface area contributed by atoms with Gasteiger partial charge in [0.1, 0.15) is 15.9 Å². The number of aliphatic carboxylic acids is 1. The molecule has 0 aromatic carbocycles. The summed E-state index contributed by atoms with van der Waals surface area (Å²) >= 11 is 0. The number of sulfone groups is 1. The van der Waals surface area contributed by atoms with E-state index >= 15 is 0 Å².